The summed E-state index contributed by atoms with van der Waals surface area (Å²) in [7, 11) is -2.85. The molecule has 2 rings (SSSR count). The molecule has 1 fully saturated rings. The van der Waals surface area contributed by atoms with Crippen molar-refractivity contribution in [3.63, 3.8) is 0 Å². The molecule has 102 valence electrons. The maximum absolute atomic E-state index is 11.7. The lowest BCUT2D eigenvalue weighted by atomic mass is 10.2. The van der Waals surface area contributed by atoms with Crippen molar-refractivity contribution in [2.75, 3.05) is 12.3 Å². The van der Waals surface area contributed by atoms with Crippen LogP contribution in [0.4, 0.5) is 0 Å². The van der Waals surface area contributed by atoms with Gasteiger partial charge in [-0.15, -0.1) is 0 Å². The van der Waals surface area contributed by atoms with Crippen LogP contribution in [0.25, 0.3) is 0 Å². The van der Waals surface area contributed by atoms with Crippen LogP contribution in [-0.2, 0) is 16.4 Å². The van der Waals surface area contributed by atoms with E-state index in [9.17, 15) is 8.42 Å². The standard InChI is InChI=1S/C12H21N3O2S/c1-3-15-9-11(7-14-15)10(2)13-8-12-5-4-6-18(12,16)17/h7,9-10,12-13H,3-6,8H2,1-2H3. The van der Waals surface area contributed by atoms with E-state index in [0.717, 1.165) is 24.9 Å². The fourth-order valence-electron chi connectivity index (χ4n) is 2.29. The molecule has 0 aromatic carbocycles. The van der Waals surface area contributed by atoms with Gasteiger partial charge in [0.25, 0.3) is 0 Å². The molecule has 1 aliphatic heterocycles. The third-order valence-corrected chi connectivity index (χ3v) is 5.87. The van der Waals surface area contributed by atoms with Gasteiger partial charge >= 0.3 is 0 Å². The average molecular weight is 271 g/mol. The molecule has 1 saturated heterocycles. The van der Waals surface area contributed by atoms with E-state index in [-0.39, 0.29) is 11.3 Å². The molecule has 1 aromatic rings. The summed E-state index contributed by atoms with van der Waals surface area (Å²) < 4.78 is 25.3. The van der Waals surface area contributed by atoms with Gasteiger partial charge in [-0.3, -0.25) is 4.68 Å². The van der Waals surface area contributed by atoms with Crippen molar-refractivity contribution in [3.8, 4) is 0 Å². The van der Waals surface area contributed by atoms with E-state index < -0.39 is 9.84 Å². The van der Waals surface area contributed by atoms with E-state index in [1.54, 1.807) is 0 Å². The molecule has 0 bridgehead atoms. The summed E-state index contributed by atoms with van der Waals surface area (Å²) in [6, 6.07) is 0.140. The first-order valence-corrected chi connectivity index (χ1v) is 8.21. The Kier molecular flexibility index (Phi) is 4.07. The predicted molar refractivity (Wildman–Crippen MR) is 71.1 cm³/mol. The summed E-state index contributed by atoms with van der Waals surface area (Å²) in [6.07, 6.45) is 5.43. The molecule has 2 atom stereocenters. The molecule has 0 saturated carbocycles. The van der Waals surface area contributed by atoms with Gasteiger partial charge in [0.15, 0.2) is 9.84 Å². The maximum Gasteiger partial charge on any atom is 0.154 e. The van der Waals surface area contributed by atoms with Crippen LogP contribution in [0, 0.1) is 0 Å². The topological polar surface area (TPSA) is 64.0 Å². The average Bonchev–Trinajstić information content (AvgIpc) is 2.92. The highest BCUT2D eigenvalue weighted by Crippen LogP contribution is 2.20. The van der Waals surface area contributed by atoms with Crippen molar-refractivity contribution in [1.29, 1.82) is 0 Å². The SMILES string of the molecule is CCn1cc(C(C)NCC2CCCS2(=O)=O)cn1. The third kappa shape index (κ3) is 2.92. The lowest BCUT2D eigenvalue weighted by Crippen LogP contribution is -2.32. The van der Waals surface area contributed by atoms with Gasteiger partial charge in [0.05, 0.1) is 17.2 Å². The number of sulfone groups is 1. The second-order valence-electron chi connectivity index (χ2n) is 4.89. The predicted octanol–water partition coefficient (Wildman–Crippen LogP) is 1.13. The highest BCUT2D eigenvalue weighted by atomic mass is 32.2. The third-order valence-electron chi connectivity index (χ3n) is 3.59. The van der Waals surface area contributed by atoms with Crippen molar-refractivity contribution in [2.45, 2.75) is 44.5 Å². The first-order chi connectivity index (χ1) is 8.53. The first-order valence-electron chi connectivity index (χ1n) is 6.50. The summed E-state index contributed by atoms with van der Waals surface area (Å²) in [5, 5.41) is 7.32. The van der Waals surface area contributed by atoms with E-state index in [1.807, 2.05) is 30.9 Å². The van der Waals surface area contributed by atoms with Gasteiger partial charge in [0.2, 0.25) is 0 Å². The smallest absolute Gasteiger partial charge is 0.154 e. The zero-order valence-electron chi connectivity index (χ0n) is 11.0. The minimum atomic E-state index is -2.85. The number of nitrogens with one attached hydrogen (secondary N) is 1. The van der Waals surface area contributed by atoms with E-state index in [0.29, 0.717) is 12.3 Å². The fourth-order valence-corrected chi connectivity index (χ4v) is 4.07. The molecule has 2 heterocycles. The summed E-state index contributed by atoms with van der Waals surface area (Å²) >= 11 is 0. The van der Waals surface area contributed by atoms with E-state index in [4.69, 9.17) is 0 Å². The van der Waals surface area contributed by atoms with Crippen molar-refractivity contribution in [2.24, 2.45) is 0 Å². The Morgan fingerprint density at radius 2 is 2.39 bits per heavy atom. The number of aryl methyl sites for hydroxylation is 1. The number of hydrogen-bond acceptors (Lipinski definition) is 4. The van der Waals surface area contributed by atoms with Gasteiger partial charge in [-0.1, -0.05) is 0 Å². The van der Waals surface area contributed by atoms with Gasteiger partial charge in [-0.25, -0.2) is 8.42 Å². The van der Waals surface area contributed by atoms with Gasteiger partial charge in [0, 0.05) is 30.9 Å². The Bertz CT molecular complexity index is 495. The molecule has 5 nitrogen and oxygen atoms in total. The minimum Gasteiger partial charge on any atom is -0.309 e. The van der Waals surface area contributed by atoms with E-state index in [1.165, 1.54) is 0 Å². The Morgan fingerprint density at radius 1 is 1.61 bits per heavy atom. The highest BCUT2D eigenvalue weighted by molar-refractivity contribution is 7.92. The molecule has 0 radical (unpaired) electrons. The lowest BCUT2D eigenvalue weighted by molar-refractivity contribution is 0.537. The second kappa shape index (κ2) is 5.40. The lowest BCUT2D eigenvalue weighted by Gasteiger charge is -2.15. The molecule has 1 N–H and O–H groups in total. The van der Waals surface area contributed by atoms with Crippen LogP contribution >= 0.6 is 0 Å². The Morgan fingerprint density at radius 3 is 2.94 bits per heavy atom. The molecule has 6 heteroatoms. The number of rotatable bonds is 5. The Hall–Kier alpha value is -0.880. The summed E-state index contributed by atoms with van der Waals surface area (Å²) in [6.45, 7) is 5.48. The quantitative estimate of drug-likeness (QED) is 0.872. The molecule has 0 amide bonds. The second-order valence-corrected chi connectivity index (χ2v) is 7.29. The van der Waals surface area contributed by atoms with Crippen molar-refractivity contribution < 1.29 is 8.42 Å². The number of nitrogens with zero attached hydrogens (tertiary/aromatic N) is 2. The molecule has 1 aliphatic rings. The zero-order valence-corrected chi connectivity index (χ0v) is 11.8. The van der Waals surface area contributed by atoms with E-state index in [2.05, 4.69) is 10.4 Å². The van der Waals surface area contributed by atoms with Gasteiger partial charge in [-0.2, -0.15) is 5.10 Å². The molecular formula is C12H21N3O2S. The zero-order chi connectivity index (χ0) is 13.2. The van der Waals surface area contributed by atoms with Crippen LogP contribution < -0.4 is 5.32 Å². The monoisotopic (exact) mass is 271 g/mol. The van der Waals surface area contributed by atoms with Crippen LogP contribution in [-0.4, -0.2) is 35.7 Å². The first kappa shape index (κ1) is 13.5. The van der Waals surface area contributed by atoms with Crippen molar-refractivity contribution in [3.05, 3.63) is 18.0 Å². The highest BCUT2D eigenvalue weighted by Gasteiger charge is 2.31. The van der Waals surface area contributed by atoms with Crippen LogP contribution in [0.3, 0.4) is 0 Å². The fraction of sp³-hybridized carbons (Fsp3) is 0.750. The molecule has 0 spiro atoms. The summed E-state index contributed by atoms with van der Waals surface area (Å²) in [5.74, 6) is 0.349. The number of hydrogen-bond donors (Lipinski definition) is 1. The van der Waals surface area contributed by atoms with E-state index >= 15 is 0 Å². The van der Waals surface area contributed by atoms with Gasteiger partial charge in [0.1, 0.15) is 0 Å². The molecule has 18 heavy (non-hydrogen) atoms. The molecule has 0 aliphatic carbocycles. The van der Waals surface area contributed by atoms with Crippen molar-refractivity contribution in [1.82, 2.24) is 15.1 Å². The van der Waals surface area contributed by atoms with Gasteiger partial charge < -0.3 is 5.32 Å². The van der Waals surface area contributed by atoms with Crippen LogP contribution in [0.1, 0.15) is 38.3 Å². The van der Waals surface area contributed by atoms with Crippen LogP contribution in [0.15, 0.2) is 12.4 Å². The Labute approximate surface area is 108 Å². The van der Waals surface area contributed by atoms with Gasteiger partial charge in [-0.05, 0) is 26.7 Å². The van der Waals surface area contributed by atoms with Crippen molar-refractivity contribution >= 4 is 9.84 Å². The van der Waals surface area contributed by atoms with Crippen LogP contribution in [0.5, 0.6) is 0 Å². The molecular weight excluding hydrogens is 250 g/mol. The maximum atomic E-state index is 11.7. The summed E-state index contributed by atoms with van der Waals surface area (Å²) in [4.78, 5) is 0. The largest absolute Gasteiger partial charge is 0.309 e. The summed E-state index contributed by atoms with van der Waals surface area (Å²) in [5.41, 5.74) is 1.10. The van der Waals surface area contributed by atoms with Crippen LogP contribution in [0.2, 0.25) is 0 Å². The number of aromatic nitrogens is 2. The normalized spacial score (nSPS) is 24.2. The Balaban J connectivity index is 1.90. The molecule has 1 aromatic heterocycles. The molecule has 2 unspecified atom stereocenters. The minimum absolute atomic E-state index is 0.140.